The molecule has 13 rings (SSSR count). The van der Waals surface area contributed by atoms with Gasteiger partial charge in [-0.3, -0.25) is 0 Å². The topological polar surface area (TPSA) is 38.7 Å². The second kappa shape index (κ2) is 23.3. The van der Waals surface area contributed by atoms with Crippen molar-refractivity contribution in [1.82, 2.24) is 15.0 Å². The fourth-order valence-electron chi connectivity index (χ4n) is 8.70. The summed E-state index contributed by atoms with van der Waals surface area (Å²) in [5.74, 6) is 0. The van der Waals surface area contributed by atoms with E-state index in [1.54, 1.807) is 34.0 Å². The van der Waals surface area contributed by atoms with Crippen LogP contribution in [0.15, 0.2) is 244 Å². The van der Waals surface area contributed by atoms with E-state index in [1.807, 2.05) is 66.7 Å². The zero-order valence-corrected chi connectivity index (χ0v) is 44.8. The molecule has 6 aromatic heterocycles. The average molecular weight is 1180 g/mol. The van der Waals surface area contributed by atoms with Gasteiger partial charge in [-0.15, -0.1) is 25.3 Å². The van der Waals surface area contributed by atoms with Crippen LogP contribution in [-0.2, 0) is 20.1 Å². The molecular weight excluding hydrogens is 1140 g/mol. The van der Waals surface area contributed by atoms with E-state index in [2.05, 4.69) is 207 Å². The summed E-state index contributed by atoms with van der Waals surface area (Å²) >= 11 is 5.06. The Morgan fingerprint density at radius 1 is 0.338 bits per heavy atom. The van der Waals surface area contributed by atoms with E-state index in [0.717, 1.165) is 58.0 Å². The molecule has 0 saturated carbocycles. The minimum absolute atomic E-state index is 0. The van der Waals surface area contributed by atoms with Gasteiger partial charge >= 0.3 is 20.1 Å². The van der Waals surface area contributed by atoms with Gasteiger partial charge in [0.15, 0.2) is 0 Å². The number of benzene rings is 7. The molecule has 74 heavy (non-hydrogen) atoms. The van der Waals surface area contributed by atoms with Gasteiger partial charge < -0.3 is 15.0 Å². The monoisotopic (exact) mass is 1180 g/mol. The van der Waals surface area contributed by atoms with Crippen molar-refractivity contribution in [3.8, 4) is 75.5 Å². The molecule has 0 bridgehead atoms. The number of hydrogen-bond acceptors (Lipinski definition) is 6. The van der Waals surface area contributed by atoms with Crippen LogP contribution in [0.25, 0.3) is 120 Å². The van der Waals surface area contributed by atoms with Crippen molar-refractivity contribution in [2.75, 3.05) is 0 Å². The Morgan fingerprint density at radius 2 is 0.635 bits per heavy atom. The van der Waals surface area contributed by atoms with E-state index >= 15 is 0 Å². The molecule has 3 nitrogen and oxygen atoms in total. The average Bonchev–Trinajstić information content (AvgIpc) is 4.29. The van der Waals surface area contributed by atoms with E-state index < -0.39 is 0 Å². The van der Waals surface area contributed by atoms with Crippen molar-refractivity contribution in [1.29, 1.82) is 0 Å². The first kappa shape index (κ1) is 49.6. The van der Waals surface area contributed by atoms with Gasteiger partial charge in [-0.05, 0) is 68.7 Å². The Kier molecular flexibility index (Phi) is 15.6. The van der Waals surface area contributed by atoms with Gasteiger partial charge in [-0.1, -0.05) is 229 Å². The van der Waals surface area contributed by atoms with Crippen LogP contribution in [0.4, 0.5) is 0 Å². The molecule has 0 saturated heterocycles. The molecule has 0 unspecified atom stereocenters. The van der Waals surface area contributed by atoms with Gasteiger partial charge in [0, 0.05) is 16.2 Å². The molecule has 354 valence electrons. The molecule has 0 spiro atoms. The number of para-hydroxylation sites is 3. The van der Waals surface area contributed by atoms with E-state index in [1.165, 1.54) is 60.0 Å². The molecule has 0 atom stereocenters. The van der Waals surface area contributed by atoms with Crippen LogP contribution in [0.1, 0.15) is 9.75 Å². The summed E-state index contributed by atoms with van der Waals surface area (Å²) in [4.78, 5) is 21.1. The molecule has 0 aliphatic carbocycles. The number of nitrogens with zero attached hydrogens (tertiary/aromatic N) is 3. The second-order valence-electron chi connectivity index (χ2n) is 16.9. The molecule has 0 fully saturated rings. The van der Waals surface area contributed by atoms with Crippen molar-refractivity contribution in [3.05, 3.63) is 272 Å². The van der Waals surface area contributed by atoms with Crippen LogP contribution >= 0.6 is 34.0 Å². The van der Waals surface area contributed by atoms with Crippen molar-refractivity contribution in [2.45, 2.75) is 0 Å². The Hall–Kier alpha value is -8.00. The van der Waals surface area contributed by atoms with E-state index in [0.29, 0.717) is 0 Å². The zero-order chi connectivity index (χ0) is 49.3. The third-order valence-electron chi connectivity index (χ3n) is 12.2. The summed E-state index contributed by atoms with van der Waals surface area (Å²) < 4.78 is 0. The maximum absolute atomic E-state index is 4.92. The third-order valence-corrected chi connectivity index (χ3v) is 15.4. The number of thiophene rings is 3. The summed E-state index contributed by atoms with van der Waals surface area (Å²) in [5.41, 5.74) is 14.3. The fourth-order valence-corrected chi connectivity index (χ4v) is 11.1. The van der Waals surface area contributed by atoms with Crippen LogP contribution in [0.5, 0.6) is 0 Å². The van der Waals surface area contributed by atoms with Gasteiger partial charge in [0.1, 0.15) is 0 Å². The number of pyridine rings is 3. The molecule has 6 heterocycles. The van der Waals surface area contributed by atoms with E-state index in [9.17, 15) is 0 Å². The molecule has 0 amide bonds. The zero-order valence-electron chi connectivity index (χ0n) is 39.9. The summed E-state index contributed by atoms with van der Waals surface area (Å²) in [6, 6.07) is 89.3. The largest absolute Gasteiger partial charge is 3.00 e. The maximum Gasteiger partial charge on any atom is 3.00 e. The van der Waals surface area contributed by atoms with Crippen LogP contribution < -0.4 is 0 Å². The molecule has 0 radical (unpaired) electrons. The number of rotatable bonds is 9. The molecular formula is C67H44IrN3S3. The van der Waals surface area contributed by atoms with Crippen LogP contribution in [0.2, 0.25) is 0 Å². The minimum Gasteiger partial charge on any atom is -0.310 e. The van der Waals surface area contributed by atoms with Gasteiger partial charge in [-0.25, -0.2) is 34.0 Å². The predicted octanol–water partition coefficient (Wildman–Crippen LogP) is 19.2. The van der Waals surface area contributed by atoms with Crippen LogP contribution in [0, 0.1) is 18.2 Å². The third kappa shape index (κ3) is 11.0. The number of fused-ring (bicyclic) bond motifs is 3. The first-order valence-corrected chi connectivity index (χ1v) is 26.2. The summed E-state index contributed by atoms with van der Waals surface area (Å²) in [5, 5.41) is 3.51. The second-order valence-corrected chi connectivity index (χ2v) is 20.1. The first-order valence-electron chi connectivity index (χ1n) is 23.8. The van der Waals surface area contributed by atoms with Gasteiger partial charge in [0.05, 0.1) is 16.6 Å². The Bertz CT molecular complexity index is 3850. The normalized spacial score (nSPS) is 10.7. The quantitative estimate of drug-likeness (QED) is 0.135. The van der Waals surface area contributed by atoms with Gasteiger partial charge in [-0.2, -0.15) is 36.4 Å². The molecule has 7 aromatic carbocycles. The summed E-state index contributed by atoms with van der Waals surface area (Å²) in [6.07, 6.45) is 3.70. The van der Waals surface area contributed by atoms with Crippen LogP contribution in [-0.4, -0.2) is 15.0 Å². The SMILES string of the molecule is C=Cc1c[c-]c(-c2cc(-c3ccccc3)c3ccccc3n2)s1.C=Cc1c[c-]c(-c2cc(-c3ccccc3)c3ccccc3n2)s1.[Ir+3].[c-]1cc(-c2ccccc2)sc1-c1cc(-c2ccccc2)c2ccccc2n1. The van der Waals surface area contributed by atoms with Gasteiger partial charge in [0.25, 0.3) is 0 Å². The van der Waals surface area contributed by atoms with Gasteiger partial charge in [0.2, 0.25) is 0 Å². The Labute approximate surface area is 457 Å². The fraction of sp³-hybridized carbons (Fsp3) is 0. The molecule has 13 aromatic rings. The Morgan fingerprint density at radius 3 is 0.973 bits per heavy atom. The maximum atomic E-state index is 4.92. The summed E-state index contributed by atoms with van der Waals surface area (Å²) in [7, 11) is 0. The summed E-state index contributed by atoms with van der Waals surface area (Å²) in [6.45, 7) is 7.65. The van der Waals surface area contributed by atoms with E-state index in [4.69, 9.17) is 15.0 Å². The number of hydrogen-bond donors (Lipinski definition) is 0. The van der Waals surface area contributed by atoms with Crippen molar-refractivity contribution >= 4 is 78.9 Å². The smallest absolute Gasteiger partial charge is 0.310 e. The first-order chi connectivity index (χ1) is 36.1. The minimum atomic E-state index is 0. The van der Waals surface area contributed by atoms with Crippen molar-refractivity contribution in [2.24, 2.45) is 0 Å². The molecule has 0 aliphatic heterocycles. The number of aromatic nitrogens is 3. The molecule has 7 heteroatoms. The van der Waals surface area contributed by atoms with Crippen LogP contribution in [0.3, 0.4) is 0 Å². The molecule has 0 N–H and O–H groups in total. The van der Waals surface area contributed by atoms with Crippen molar-refractivity contribution < 1.29 is 20.1 Å². The van der Waals surface area contributed by atoms with E-state index in [-0.39, 0.29) is 20.1 Å². The standard InChI is InChI=1S/C25H16NS.2C21H14NS.Ir/c1-3-9-18(10-4-1)21-17-23(26-22-14-8-7-13-20(21)22)25-16-15-24(27-25)19-11-5-2-6-12-19;2*1-2-16-12-13-21(23-16)20-14-18(15-8-4-3-5-9-15)17-10-6-7-11-19(17)22-20;/h1-15,17H;2*2-12,14H,1H2;/q3*-1;+3. The van der Waals surface area contributed by atoms with Crippen molar-refractivity contribution in [3.63, 3.8) is 0 Å². The predicted molar refractivity (Wildman–Crippen MR) is 314 cm³/mol. The molecule has 0 aliphatic rings. The Balaban J connectivity index is 0.000000127.